The van der Waals surface area contributed by atoms with Crippen LogP contribution in [-0.4, -0.2) is 87.1 Å². The Morgan fingerprint density at radius 3 is 2.15 bits per heavy atom. The van der Waals surface area contributed by atoms with Crippen molar-refractivity contribution in [1.29, 1.82) is 0 Å². The van der Waals surface area contributed by atoms with Gasteiger partial charge in [-0.1, -0.05) is 62.4 Å². The van der Waals surface area contributed by atoms with Gasteiger partial charge >= 0.3 is 12.2 Å². The van der Waals surface area contributed by atoms with Gasteiger partial charge in [-0.25, -0.2) is 19.6 Å². The maximum Gasteiger partial charge on any atom is 0.407 e. The molecule has 0 saturated carbocycles. The second kappa shape index (κ2) is 17.2. The Bertz CT molecular complexity index is 2550. The Kier molecular flexibility index (Phi) is 11.7. The van der Waals surface area contributed by atoms with Crippen LogP contribution in [0.1, 0.15) is 75.8 Å². The third-order valence-corrected chi connectivity index (χ3v) is 12.8. The molecule has 14 nitrogen and oxygen atoms in total. The fourth-order valence-corrected chi connectivity index (χ4v) is 9.33. The largest absolute Gasteiger partial charge is 0.453 e. The molecule has 61 heavy (non-hydrogen) atoms. The number of ether oxygens (including phenoxy) is 2. The zero-order chi connectivity index (χ0) is 42.8. The molecule has 2 aliphatic heterocycles. The van der Waals surface area contributed by atoms with Gasteiger partial charge in [0.05, 0.1) is 49.6 Å². The first kappa shape index (κ1) is 41.3. The summed E-state index contributed by atoms with van der Waals surface area (Å²) in [7, 11) is 2.58. The van der Waals surface area contributed by atoms with Gasteiger partial charge in [0.2, 0.25) is 5.91 Å². The SMILES string of the molecule is COC(=O)NC(C(=O)N1CCC[C@H]1c1ncc(-c2ccc(-c3ccc4cc(-c5cnc([C@]6(C)CCCN6C(=O)C(NC(=O)OC)C(C)C)[nH]5)ccc4c3)cc2)[nH]1)c1ccsc1. The highest BCUT2D eigenvalue weighted by Gasteiger charge is 2.46. The second-order valence-electron chi connectivity index (χ2n) is 16.2. The van der Waals surface area contributed by atoms with Crippen molar-refractivity contribution in [3.63, 3.8) is 0 Å². The molecule has 0 bridgehead atoms. The van der Waals surface area contributed by atoms with E-state index in [2.05, 4.69) is 81.3 Å². The van der Waals surface area contributed by atoms with Crippen LogP contribution in [0.15, 0.2) is 89.9 Å². The lowest BCUT2D eigenvalue weighted by molar-refractivity contribution is -0.138. The summed E-state index contributed by atoms with van der Waals surface area (Å²) in [5.74, 6) is 0.953. The lowest BCUT2D eigenvalue weighted by atomic mass is 9.95. The number of rotatable bonds is 11. The Morgan fingerprint density at radius 2 is 1.44 bits per heavy atom. The highest BCUT2D eigenvalue weighted by atomic mass is 32.1. The van der Waals surface area contributed by atoms with Gasteiger partial charge in [0.1, 0.15) is 23.7 Å². The molecule has 0 spiro atoms. The number of thiophene rings is 1. The zero-order valence-electron chi connectivity index (χ0n) is 34.9. The highest BCUT2D eigenvalue weighted by molar-refractivity contribution is 7.08. The summed E-state index contributed by atoms with van der Waals surface area (Å²) < 4.78 is 9.61. The first-order valence-electron chi connectivity index (χ1n) is 20.6. The van der Waals surface area contributed by atoms with E-state index < -0.39 is 29.8 Å². The van der Waals surface area contributed by atoms with E-state index in [-0.39, 0.29) is 23.8 Å². The molecule has 2 saturated heterocycles. The number of hydrogen-bond donors (Lipinski definition) is 4. The minimum atomic E-state index is -0.844. The molecular weight excluding hydrogens is 793 g/mol. The normalized spacial score (nSPS) is 18.6. The summed E-state index contributed by atoms with van der Waals surface area (Å²) in [6, 6.07) is 21.1. The van der Waals surface area contributed by atoms with Crippen LogP contribution in [0.3, 0.4) is 0 Å². The lowest BCUT2D eigenvalue weighted by Gasteiger charge is -2.37. The van der Waals surface area contributed by atoms with Crippen LogP contribution in [-0.2, 0) is 24.6 Å². The first-order valence-corrected chi connectivity index (χ1v) is 21.5. The number of methoxy groups -OCH3 is 2. The van der Waals surface area contributed by atoms with Crippen LogP contribution in [0.2, 0.25) is 0 Å². The Balaban J connectivity index is 0.952. The van der Waals surface area contributed by atoms with Crippen LogP contribution in [0.25, 0.3) is 44.4 Å². The van der Waals surface area contributed by atoms with Crippen LogP contribution < -0.4 is 10.6 Å². The number of aromatic nitrogens is 4. The predicted octanol–water partition coefficient (Wildman–Crippen LogP) is 8.33. The molecule has 4 amide bonds. The molecule has 0 radical (unpaired) electrons. The van der Waals surface area contributed by atoms with Gasteiger partial charge < -0.3 is 39.9 Å². The number of carbonyl (C=O) groups is 4. The smallest absolute Gasteiger partial charge is 0.407 e. The summed E-state index contributed by atoms with van der Waals surface area (Å²) in [6.07, 6.45) is 5.50. The van der Waals surface area contributed by atoms with Gasteiger partial charge in [-0.15, -0.1) is 0 Å². The molecule has 4 N–H and O–H groups in total. The fourth-order valence-electron chi connectivity index (χ4n) is 8.64. The summed E-state index contributed by atoms with van der Waals surface area (Å²) in [5, 5.41) is 11.4. The Morgan fingerprint density at radius 1 is 0.787 bits per heavy atom. The molecule has 8 rings (SSSR count). The summed E-state index contributed by atoms with van der Waals surface area (Å²) in [4.78, 5) is 72.0. The topological polar surface area (TPSA) is 175 Å². The van der Waals surface area contributed by atoms with E-state index in [4.69, 9.17) is 19.4 Å². The van der Waals surface area contributed by atoms with Crippen molar-refractivity contribution in [2.75, 3.05) is 27.3 Å². The van der Waals surface area contributed by atoms with Crippen LogP contribution >= 0.6 is 11.3 Å². The third kappa shape index (κ3) is 8.21. The van der Waals surface area contributed by atoms with Gasteiger partial charge in [-0.2, -0.15) is 11.3 Å². The van der Waals surface area contributed by atoms with E-state index in [9.17, 15) is 19.2 Å². The molecule has 4 atom stereocenters. The van der Waals surface area contributed by atoms with Gasteiger partial charge in [-0.05, 0) is 101 Å². The summed E-state index contributed by atoms with van der Waals surface area (Å²) >= 11 is 1.46. The van der Waals surface area contributed by atoms with Gasteiger partial charge in [0.15, 0.2) is 0 Å². The number of nitrogens with one attached hydrogen (secondary N) is 4. The van der Waals surface area contributed by atoms with Crippen LogP contribution in [0, 0.1) is 5.92 Å². The van der Waals surface area contributed by atoms with Crippen LogP contribution in [0.5, 0.6) is 0 Å². The highest BCUT2D eigenvalue weighted by Crippen LogP contribution is 2.40. The van der Waals surface area contributed by atoms with E-state index in [1.807, 2.05) is 54.9 Å². The molecule has 2 unspecified atom stereocenters. The minimum Gasteiger partial charge on any atom is -0.453 e. The lowest BCUT2D eigenvalue weighted by Crippen LogP contribution is -2.55. The van der Waals surface area contributed by atoms with Crippen molar-refractivity contribution in [2.45, 2.75) is 70.1 Å². The van der Waals surface area contributed by atoms with Crippen molar-refractivity contribution in [3.8, 4) is 33.6 Å². The fraction of sp³-hybridized carbons (Fsp3) is 0.348. The number of nitrogens with zero attached hydrogens (tertiary/aromatic N) is 4. The van der Waals surface area contributed by atoms with E-state index in [0.29, 0.717) is 24.7 Å². The van der Waals surface area contributed by atoms with Gasteiger partial charge in [0, 0.05) is 18.7 Å². The molecule has 3 aromatic heterocycles. The molecule has 316 valence electrons. The van der Waals surface area contributed by atoms with Crippen molar-refractivity contribution in [2.24, 2.45) is 5.92 Å². The summed E-state index contributed by atoms with van der Waals surface area (Å²) in [6.45, 7) is 6.98. The monoisotopic (exact) mass is 842 g/mol. The molecule has 15 heteroatoms. The van der Waals surface area contributed by atoms with E-state index in [0.717, 1.165) is 75.7 Å². The predicted molar refractivity (Wildman–Crippen MR) is 233 cm³/mol. The number of alkyl carbamates (subject to hydrolysis) is 2. The maximum atomic E-state index is 13.8. The van der Waals surface area contributed by atoms with Gasteiger partial charge in [-0.3, -0.25) is 9.59 Å². The average molecular weight is 843 g/mol. The number of H-pyrrole nitrogens is 2. The Hall–Kier alpha value is -6.48. The second-order valence-corrected chi connectivity index (χ2v) is 17.0. The van der Waals surface area contributed by atoms with Crippen molar-refractivity contribution in [3.05, 3.63) is 107 Å². The number of carbonyl (C=O) groups excluding carboxylic acids is 4. The number of imidazole rings is 2. The van der Waals surface area contributed by atoms with Crippen molar-refractivity contribution in [1.82, 2.24) is 40.4 Å². The third-order valence-electron chi connectivity index (χ3n) is 12.1. The number of hydrogen-bond acceptors (Lipinski definition) is 9. The molecule has 2 aliphatic rings. The quantitative estimate of drug-likeness (QED) is 0.101. The molecule has 2 fully saturated rings. The van der Waals surface area contributed by atoms with Gasteiger partial charge in [0.25, 0.3) is 5.91 Å². The summed E-state index contributed by atoms with van der Waals surface area (Å²) in [5.41, 5.74) is 5.90. The molecule has 5 heterocycles. The molecule has 6 aromatic rings. The number of amides is 4. The standard InChI is InChI=1S/C46H50N8O6S/c1-27(2)38(51-44(57)59-4)42(56)54-20-7-18-46(54,3)43-48-25-36(50-43)33-16-15-31-22-30(13-14-32(31)23-33)28-9-11-29(12-10-28)35-24-47-40(49-35)37-8-6-19-53(37)41(55)39(52-45(58)60-5)34-17-21-61-26-34/h9-17,21-27,37-39H,6-8,18-20H2,1-5H3,(H,47,49)(H,48,50)(H,51,57)(H,52,58)/t37-,38?,39?,46-/m0/s1. The number of aromatic amines is 2. The van der Waals surface area contributed by atoms with Crippen LogP contribution in [0.4, 0.5) is 9.59 Å². The minimum absolute atomic E-state index is 0.122. The van der Waals surface area contributed by atoms with Crippen molar-refractivity contribution < 1.29 is 28.7 Å². The average Bonchev–Trinajstić information content (AvgIpc) is 4.14. The first-order chi connectivity index (χ1) is 29.5. The van der Waals surface area contributed by atoms with E-state index in [1.165, 1.54) is 25.6 Å². The number of likely N-dealkylation sites (tertiary alicyclic amines) is 2. The molecule has 3 aromatic carbocycles. The molecular formula is C46H50N8O6S. The zero-order valence-corrected chi connectivity index (χ0v) is 35.7. The number of fused-ring (bicyclic) bond motifs is 1. The van der Waals surface area contributed by atoms with Crippen molar-refractivity contribution >= 4 is 46.1 Å². The van der Waals surface area contributed by atoms with E-state index >= 15 is 0 Å². The number of benzene rings is 3. The maximum absolute atomic E-state index is 13.8. The van der Waals surface area contributed by atoms with E-state index in [1.54, 1.807) is 4.90 Å². The molecule has 0 aliphatic carbocycles. The Labute approximate surface area is 358 Å².